The molecule has 0 bridgehead atoms. The van der Waals surface area contributed by atoms with Gasteiger partial charge in [0.2, 0.25) is 0 Å². The van der Waals surface area contributed by atoms with Gasteiger partial charge >= 0.3 is 0 Å². The Bertz CT molecular complexity index is 6420. The van der Waals surface area contributed by atoms with Gasteiger partial charge in [-0.15, -0.1) is 0 Å². The highest BCUT2D eigenvalue weighted by Gasteiger charge is 2.34. The first-order valence-electron chi connectivity index (χ1n) is 36.3. The third kappa shape index (κ3) is 7.32. The Morgan fingerprint density at radius 3 is 1.10 bits per heavy atom. The van der Waals surface area contributed by atoms with Crippen molar-refractivity contribution in [3.8, 4) is 22.3 Å². The van der Waals surface area contributed by atoms with Gasteiger partial charge in [-0.3, -0.25) is 0 Å². The van der Waals surface area contributed by atoms with Crippen LogP contribution in [-0.4, -0.2) is 8.80 Å². The smallest absolute Gasteiger partial charge is 0.137 e. The molecule has 0 atom stereocenters. The second kappa shape index (κ2) is 19.1. The number of benzene rings is 13. The fourth-order valence-corrected chi connectivity index (χ4v) is 15.4. The summed E-state index contributed by atoms with van der Waals surface area (Å²) in [5, 5.41) is 11.5. The van der Waals surface area contributed by atoms with E-state index in [-0.39, 0.29) is 46.1 Å². The monoisotopic (exact) mass is 1190 g/mol. The standard InChI is InChI=1S/C86H62N4O2/c1-85(2,3)63-35-21-33-59-79-69(87(65-37-17-13-29-53(65)51-25-9-7-10-26-51)67-39-23-43-75-77(67)57-31-15-19-41-73(57)91-75)47-45-55-61-50-72-62(49-71(61)89(81(59)63)83(55)79)56-46-48-70(80-60-34-22-36-64(86(4,5)6)82(60)90(72)84(56)80)88(66-38-18-14-30-54(66)52-27-11-8-12-28-52)68-40-24-44-76-78(68)58-32-16-20-42-74(58)92-76/h7-50H,1-6H3/i7D,8D,9D,10D,11D,12D,25D,26D,27D,28D. The van der Waals surface area contributed by atoms with Gasteiger partial charge in [0, 0.05) is 65.0 Å². The van der Waals surface area contributed by atoms with Crippen molar-refractivity contribution in [3.63, 3.8) is 0 Å². The fraction of sp³-hybridized carbons (Fsp3) is 0.0930. The van der Waals surface area contributed by atoms with Crippen molar-refractivity contribution in [3.05, 3.63) is 278 Å². The summed E-state index contributed by atoms with van der Waals surface area (Å²) in [4.78, 5) is 4.42. The predicted octanol–water partition coefficient (Wildman–Crippen LogP) is 24.7. The first kappa shape index (κ1) is 43.4. The molecule has 0 fully saturated rings. The first-order valence-corrected chi connectivity index (χ1v) is 31.3. The van der Waals surface area contributed by atoms with E-state index >= 15 is 0 Å². The Labute approximate surface area is 545 Å². The van der Waals surface area contributed by atoms with E-state index in [0.29, 0.717) is 44.8 Å². The molecule has 0 aliphatic carbocycles. The fourth-order valence-electron chi connectivity index (χ4n) is 15.4. The van der Waals surface area contributed by atoms with E-state index in [9.17, 15) is 5.48 Å². The minimum absolute atomic E-state index is 0.0888. The SMILES string of the molecule is [2H]c1c([2H])c([2H])c(-c2ccccc2N(c2cccc3oc4ccccc4c23)c2ccc3c4cc5c(cc4n4c6c(C(C)(C)C)cccc6c2c34)c2ccc(N(c3ccccc3-c3c([2H])c([2H])c([2H])c([2H])c3[2H])c3cccc4oc6ccccc6c34)c3c4cccc(C(C)(C)C)c4n5c23)c([2H])c1[2H]. The summed E-state index contributed by atoms with van der Waals surface area (Å²) in [5.41, 5.74) is 15.9. The van der Waals surface area contributed by atoms with Crippen LogP contribution in [0, 0.1) is 0 Å². The highest BCUT2D eigenvalue weighted by Crippen LogP contribution is 2.56. The van der Waals surface area contributed by atoms with E-state index in [2.05, 4.69) is 157 Å². The maximum absolute atomic E-state index is 9.45. The van der Waals surface area contributed by atoms with Crippen LogP contribution in [0.25, 0.3) is 142 Å². The largest absolute Gasteiger partial charge is 0.456 e. The zero-order valence-electron chi connectivity index (χ0n) is 61.2. The predicted molar refractivity (Wildman–Crippen MR) is 388 cm³/mol. The summed E-state index contributed by atoms with van der Waals surface area (Å²) in [6, 6.07) is 66.3. The topological polar surface area (TPSA) is 41.6 Å². The van der Waals surface area contributed by atoms with Gasteiger partial charge in [0.05, 0.1) is 91.7 Å². The summed E-state index contributed by atoms with van der Waals surface area (Å²) in [6.07, 6.45) is 0. The van der Waals surface area contributed by atoms with E-state index in [0.717, 1.165) is 132 Å². The number of para-hydroxylation sites is 6. The third-order valence-electron chi connectivity index (χ3n) is 19.2. The molecule has 0 spiro atoms. The summed E-state index contributed by atoms with van der Waals surface area (Å²) in [5.74, 6) is 0. The van der Waals surface area contributed by atoms with Gasteiger partial charge in [0.25, 0.3) is 0 Å². The van der Waals surface area contributed by atoms with Crippen LogP contribution in [0.1, 0.15) is 66.4 Å². The summed E-state index contributed by atoms with van der Waals surface area (Å²) >= 11 is 0. The molecule has 19 aromatic rings. The van der Waals surface area contributed by atoms with E-state index < -0.39 is 36.3 Å². The van der Waals surface area contributed by atoms with Crippen LogP contribution in [0.4, 0.5) is 34.1 Å². The molecule has 13 aromatic carbocycles. The molecule has 6 heterocycles. The van der Waals surface area contributed by atoms with Gasteiger partial charge in [-0.25, -0.2) is 0 Å². The number of fused-ring (bicyclic) bond motifs is 18. The van der Waals surface area contributed by atoms with Gasteiger partial charge in [-0.05, 0) is 106 Å². The minimum Gasteiger partial charge on any atom is -0.456 e. The average molecular weight is 1190 g/mol. The number of nitrogens with zero attached hydrogens (tertiary/aromatic N) is 4. The number of aromatic nitrogens is 2. The lowest BCUT2D eigenvalue weighted by Gasteiger charge is -2.29. The molecule has 0 saturated carbocycles. The molecule has 6 nitrogen and oxygen atoms in total. The van der Waals surface area contributed by atoms with Gasteiger partial charge < -0.3 is 27.4 Å². The molecular weight excluding hydrogens is 1120 g/mol. The number of hydrogen-bond donors (Lipinski definition) is 0. The molecule has 19 rings (SSSR count). The third-order valence-corrected chi connectivity index (χ3v) is 19.2. The van der Waals surface area contributed by atoms with Crippen LogP contribution in [-0.2, 0) is 10.8 Å². The lowest BCUT2D eigenvalue weighted by molar-refractivity contribution is 0.594. The molecule has 0 saturated heterocycles. The first-order chi connectivity index (χ1) is 49.1. The minimum atomic E-state index is -0.465. The Balaban J connectivity index is 0.948. The number of furan rings is 2. The van der Waals surface area contributed by atoms with Crippen molar-refractivity contribution >= 4 is 154 Å². The molecule has 0 N–H and O–H groups in total. The normalized spacial score (nSPS) is 14.2. The highest BCUT2D eigenvalue weighted by atomic mass is 16.3. The Kier molecular flexibility index (Phi) is 9.00. The van der Waals surface area contributed by atoms with E-state index in [1.165, 1.54) is 0 Å². The molecule has 438 valence electrons. The number of anilines is 6. The van der Waals surface area contributed by atoms with Crippen molar-refractivity contribution in [1.82, 2.24) is 8.80 Å². The van der Waals surface area contributed by atoms with Crippen LogP contribution in [0.5, 0.6) is 0 Å². The number of hydrogen-bond acceptors (Lipinski definition) is 4. The van der Waals surface area contributed by atoms with Crippen molar-refractivity contribution in [2.24, 2.45) is 0 Å². The maximum Gasteiger partial charge on any atom is 0.137 e. The molecule has 6 aromatic heterocycles. The number of rotatable bonds is 8. The molecule has 0 unspecified atom stereocenters. The second-order valence-electron chi connectivity index (χ2n) is 26.4. The summed E-state index contributed by atoms with van der Waals surface area (Å²) in [6.45, 7) is 13.5. The molecule has 0 radical (unpaired) electrons. The molecule has 0 aliphatic heterocycles. The van der Waals surface area contributed by atoms with Crippen LogP contribution < -0.4 is 9.80 Å². The van der Waals surface area contributed by atoms with Crippen molar-refractivity contribution in [2.45, 2.75) is 52.4 Å². The van der Waals surface area contributed by atoms with Crippen LogP contribution in [0.3, 0.4) is 0 Å². The van der Waals surface area contributed by atoms with Crippen molar-refractivity contribution in [2.75, 3.05) is 9.80 Å². The van der Waals surface area contributed by atoms with Gasteiger partial charge in [-0.1, -0.05) is 235 Å². The molecule has 0 aliphatic rings. The Morgan fingerprint density at radius 1 is 0.304 bits per heavy atom. The van der Waals surface area contributed by atoms with E-state index in [1.807, 2.05) is 109 Å². The van der Waals surface area contributed by atoms with Gasteiger partial charge in [-0.2, -0.15) is 0 Å². The van der Waals surface area contributed by atoms with E-state index in [4.69, 9.17) is 17.1 Å². The van der Waals surface area contributed by atoms with E-state index in [1.54, 1.807) is 0 Å². The van der Waals surface area contributed by atoms with Gasteiger partial charge in [0.1, 0.15) is 22.3 Å². The van der Waals surface area contributed by atoms with Gasteiger partial charge in [0.15, 0.2) is 0 Å². The molecule has 6 heteroatoms. The Morgan fingerprint density at radius 2 is 0.663 bits per heavy atom. The van der Waals surface area contributed by atoms with Crippen molar-refractivity contribution in [1.29, 1.82) is 0 Å². The lowest BCUT2D eigenvalue weighted by atomic mass is 9.85. The summed E-state index contributed by atoms with van der Waals surface area (Å²) < 4.78 is 109. The Hall–Kier alpha value is -11.3. The molecule has 0 amide bonds. The zero-order chi connectivity index (χ0) is 70.2. The maximum atomic E-state index is 9.45. The lowest BCUT2D eigenvalue weighted by Crippen LogP contribution is -2.12. The zero-order valence-corrected chi connectivity index (χ0v) is 51.2. The summed E-state index contributed by atoms with van der Waals surface area (Å²) in [7, 11) is 0. The molecular formula is C86H62N4O2. The highest BCUT2D eigenvalue weighted by molar-refractivity contribution is 6.33. The van der Waals surface area contributed by atoms with Crippen LogP contribution in [0.2, 0.25) is 0 Å². The van der Waals surface area contributed by atoms with Crippen LogP contribution in [0.15, 0.2) is 276 Å². The van der Waals surface area contributed by atoms with Crippen molar-refractivity contribution < 1.29 is 22.5 Å². The average Bonchev–Trinajstić information content (AvgIpc) is 1.50. The quantitative estimate of drug-likeness (QED) is 0.152. The second-order valence-corrected chi connectivity index (χ2v) is 26.4. The molecule has 92 heavy (non-hydrogen) atoms. The van der Waals surface area contributed by atoms with Crippen LogP contribution >= 0.6 is 0 Å².